The second kappa shape index (κ2) is 5.06. The Kier molecular flexibility index (Phi) is 3.04. The SMILES string of the molecule is OC1CC(c2cccc(F)c2)N(c2ncnc3[nH]ccc23)C1. The lowest BCUT2D eigenvalue weighted by Crippen LogP contribution is -2.25. The molecule has 22 heavy (non-hydrogen) atoms. The molecule has 2 aromatic heterocycles. The molecule has 0 bridgehead atoms. The van der Waals surface area contributed by atoms with E-state index in [1.807, 2.05) is 23.2 Å². The predicted octanol–water partition coefficient (Wildman–Crippen LogP) is 2.41. The van der Waals surface area contributed by atoms with Gasteiger partial charge < -0.3 is 15.0 Å². The highest BCUT2D eigenvalue weighted by molar-refractivity contribution is 5.87. The van der Waals surface area contributed by atoms with Gasteiger partial charge >= 0.3 is 0 Å². The number of nitrogens with zero attached hydrogens (tertiary/aromatic N) is 3. The van der Waals surface area contributed by atoms with Crippen molar-refractivity contribution in [2.75, 3.05) is 11.4 Å². The van der Waals surface area contributed by atoms with Crippen LogP contribution in [0, 0.1) is 5.82 Å². The van der Waals surface area contributed by atoms with Gasteiger partial charge in [0.2, 0.25) is 0 Å². The Morgan fingerprint density at radius 2 is 2.18 bits per heavy atom. The number of halogens is 1. The van der Waals surface area contributed by atoms with Crippen LogP contribution < -0.4 is 4.90 Å². The van der Waals surface area contributed by atoms with E-state index in [1.165, 1.54) is 18.5 Å². The summed E-state index contributed by atoms with van der Waals surface area (Å²) in [5.74, 6) is 0.491. The normalized spacial score (nSPS) is 21.6. The fourth-order valence-electron chi connectivity index (χ4n) is 3.17. The molecule has 0 spiro atoms. The lowest BCUT2D eigenvalue weighted by molar-refractivity contribution is 0.194. The zero-order chi connectivity index (χ0) is 15.1. The Morgan fingerprint density at radius 1 is 1.27 bits per heavy atom. The number of rotatable bonds is 2. The standard InChI is InChI=1S/C16H15FN4O/c17-11-3-1-2-10(6-11)14-7-12(22)8-21(14)16-13-4-5-18-15(13)19-9-20-16/h1-6,9,12,14,22H,7-8H2,(H,18,19,20). The van der Waals surface area contributed by atoms with E-state index in [2.05, 4.69) is 15.0 Å². The minimum atomic E-state index is -0.461. The molecule has 112 valence electrons. The van der Waals surface area contributed by atoms with Crippen LogP contribution in [0.15, 0.2) is 42.9 Å². The van der Waals surface area contributed by atoms with Crippen LogP contribution in [-0.4, -0.2) is 32.7 Å². The second-order valence-electron chi connectivity index (χ2n) is 5.55. The van der Waals surface area contributed by atoms with Crippen molar-refractivity contribution in [2.45, 2.75) is 18.6 Å². The molecular weight excluding hydrogens is 283 g/mol. The van der Waals surface area contributed by atoms with Gasteiger partial charge in [-0.25, -0.2) is 14.4 Å². The van der Waals surface area contributed by atoms with Gasteiger partial charge in [-0.3, -0.25) is 0 Å². The van der Waals surface area contributed by atoms with Gasteiger partial charge in [-0.1, -0.05) is 12.1 Å². The maximum atomic E-state index is 13.5. The highest BCUT2D eigenvalue weighted by Gasteiger charge is 2.34. The maximum Gasteiger partial charge on any atom is 0.142 e. The van der Waals surface area contributed by atoms with Crippen LogP contribution >= 0.6 is 0 Å². The number of anilines is 1. The van der Waals surface area contributed by atoms with E-state index in [4.69, 9.17) is 0 Å². The van der Waals surface area contributed by atoms with Crippen LogP contribution in [0.5, 0.6) is 0 Å². The van der Waals surface area contributed by atoms with Gasteiger partial charge in [0.1, 0.15) is 23.6 Å². The van der Waals surface area contributed by atoms with Gasteiger partial charge in [0, 0.05) is 12.7 Å². The summed E-state index contributed by atoms with van der Waals surface area (Å²) < 4.78 is 13.5. The molecule has 2 atom stereocenters. The monoisotopic (exact) mass is 298 g/mol. The summed E-state index contributed by atoms with van der Waals surface area (Å²) in [6, 6.07) is 8.34. The molecule has 0 saturated carbocycles. The second-order valence-corrected chi connectivity index (χ2v) is 5.55. The summed E-state index contributed by atoms with van der Waals surface area (Å²) >= 11 is 0. The molecule has 2 unspecified atom stereocenters. The minimum absolute atomic E-state index is 0.0984. The van der Waals surface area contributed by atoms with Crippen molar-refractivity contribution in [2.24, 2.45) is 0 Å². The average molecular weight is 298 g/mol. The zero-order valence-corrected chi connectivity index (χ0v) is 11.8. The van der Waals surface area contributed by atoms with Crippen molar-refractivity contribution in [1.82, 2.24) is 15.0 Å². The molecule has 0 amide bonds. The van der Waals surface area contributed by atoms with Gasteiger partial charge in [-0.15, -0.1) is 0 Å². The largest absolute Gasteiger partial charge is 0.391 e. The summed E-state index contributed by atoms with van der Waals surface area (Å²) in [6.07, 6.45) is 3.41. The molecule has 4 rings (SSSR count). The molecule has 2 N–H and O–H groups in total. The summed E-state index contributed by atoms with van der Waals surface area (Å²) in [5.41, 5.74) is 1.60. The number of fused-ring (bicyclic) bond motifs is 1. The number of aliphatic hydroxyl groups is 1. The fraction of sp³-hybridized carbons (Fsp3) is 0.250. The van der Waals surface area contributed by atoms with Crippen molar-refractivity contribution < 1.29 is 9.50 Å². The van der Waals surface area contributed by atoms with E-state index >= 15 is 0 Å². The van der Waals surface area contributed by atoms with Crippen LogP contribution in [0.25, 0.3) is 11.0 Å². The Hall–Kier alpha value is -2.47. The first kappa shape index (κ1) is 13.2. The number of benzene rings is 1. The third kappa shape index (κ3) is 2.12. The van der Waals surface area contributed by atoms with E-state index in [-0.39, 0.29) is 11.9 Å². The molecule has 1 aliphatic rings. The molecule has 1 saturated heterocycles. The first-order valence-corrected chi connectivity index (χ1v) is 7.20. The van der Waals surface area contributed by atoms with Crippen LogP contribution in [0.3, 0.4) is 0 Å². The maximum absolute atomic E-state index is 13.5. The van der Waals surface area contributed by atoms with Gasteiger partial charge in [-0.05, 0) is 30.2 Å². The first-order chi connectivity index (χ1) is 10.7. The first-order valence-electron chi connectivity index (χ1n) is 7.20. The molecule has 1 aromatic carbocycles. The van der Waals surface area contributed by atoms with Gasteiger partial charge in [0.25, 0.3) is 0 Å². The molecule has 0 radical (unpaired) electrons. The molecule has 3 heterocycles. The summed E-state index contributed by atoms with van der Waals surface area (Å²) in [5, 5.41) is 11.0. The third-order valence-electron chi connectivity index (χ3n) is 4.12. The van der Waals surface area contributed by atoms with Crippen LogP contribution in [0.2, 0.25) is 0 Å². The third-order valence-corrected chi connectivity index (χ3v) is 4.12. The Morgan fingerprint density at radius 3 is 3.05 bits per heavy atom. The van der Waals surface area contributed by atoms with Crippen molar-refractivity contribution in [1.29, 1.82) is 0 Å². The number of H-pyrrole nitrogens is 1. The van der Waals surface area contributed by atoms with Crippen molar-refractivity contribution >= 4 is 16.9 Å². The number of hydrogen-bond acceptors (Lipinski definition) is 4. The number of aromatic nitrogens is 3. The number of β-amino-alcohol motifs (C(OH)–C–C–N with tert-alkyl or cyclic N) is 1. The number of hydrogen-bond donors (Lipinski definition) is 2. The molecular formula is C16H15FN4O. The average Bonchev–Trinajstić information content (AvgIpc) is 3.13. The van der Waals surface area contributed by atoms with Gasteiger partial charge in [-0.2, -0.15) is 0 Å². The molecule has 1 aliphatic heterocycles. The fourth-order valence-corrected chi connectivity index (χ4v) is 3.17. The van der Waals surface area contributed by atoms with Crippen molar-refractivity contribution in [3.8, 4) is 0 Å². The number of aromatic amines is 1. The Labute approximate surface area is 126 Å². The van der Waals surface area contributed by atoms with Gasteiger partial charge in [0.05, 0.1) is 17.5 Å². The predicted molar refractivity (Wildman–Crippen MR) is 81.0 cm³/mol. The quantitative estimate of drug-likeness (QED) is 0.762. The highest BCUT2D eigenvalue weighted by Crippen LogP contribution is 2.37. The van der Waals surface area contributed by atoms with E-state index in [9.17, 15) is 9.50 Å². The topological polar surface area (TPSA) is 65.0 Å². The lowest BCUT2D eigenvalue weighted by Gasteiger charge is -2.26. The summed E-state index contributed by atoms with van der Waals surface area (Å²) in [6.45, 7) is 0.471. The van der Waals surface area contributed by atoms with E-state index in [0.717, 1.165) is 22.4 Å². The Balaban J connectivity index is 1.80. The number of aliphatic hydroxyl groups excluding tert-OH is 1. The molecule has 3 aromatic rings. The minimum Gasteiger partial charge on any atom is -0.391 e. The van der Waals surface area contributed by atoms with Crippen LogP contribution in [-0.2, 0) is 0 Å². The molecule has 6 heteroatoms. The molecule has 5 nitrogen and oxygen atoms in total. The smallest absolute Gasteiger partial charge is 0.142 e. The molecule has 0 aliphatic carbocycles. The van der Waals surface area contributed by atoms with Crippen molar-refractivity contribution in [3.05, 3.63) is 54.2 Å². The summed E-state index contributed by atoms with van der Waals surface area (Å²) in [7, 11) is 0. The van der Waals surface area contributed by atoms with Crippen LogP contribution in [0.4, 0.5) is 10.2 Å². The van der Waals surface area contributed by atoms with Crippen LogP contribution in [0.1, 0.15) is 18.0 Å². The highest BCUT2D eigenvalue weighted by atomic mass is 19.1. The van der Waals surface area contributed by atoms with E-state index in [1.54, 1.807) is 6.07 Å². The number of nitrogens with one attached hydrogen (secondary N) is 1. The zero-order valence-electron chi connectivity index (χ0n) is 11.8. The van der Waals surface area contributed by atoms with Gasteiger partial charge in [0.15, 0.2) is 0 Å². The van der Waals surface area contributed by atoms with E-state index in [0.29, 0.717) is 13.0 Å². The van der Waals surface area contributed by atoms with Crippen molar-refractivity contribution in [3.63, 3.8) is 0 Å². The Bertz CT molecular complexity index is 819. The van der Waals surface area contributed by atoms with E-state index < -0.39 is 6.10 Å². The molecule has 1 fully saturated rings. The summed E-state index contributed by atoms with van der Waals surface area (Å²) in [4.78, 5) is 13.7. The lowest BCUT2D eigenvalue weighted by atomic mass is 10.0.